The molecule has 1 unspecified atom stereocenters. The summed E-state index contributed by atoms with van der Waals surface area (Å²) in [6, 6.07) is 0. The molecule has 0 heterocycles. The van der Waals surface area contributed by atoms with Crippen molar-refractivity contribution in [1.29, 1.82) is 0 Å². The van der Waals surface area contributed by atoms with Gasteiger partial charge < -0.3 is 74.7 Å². The predicted molar refractivity (Wildman–Crippen MR) is 201 cm³/mol. The van der Waals surface area contributed by atoms with Crippen LogP contribution in [0.3, 0.4) is 0 Å². The maximum absolute atomic E-state index is 5.65. The minimum Gasteiger partial charge on any atom is -0.372 e. The molecule has 20 heteroatoms. The van der Waals surface area contributed by atoms with Gasteiger partial charge in [0, 0.05) is 401 Å². The van der Waals surface area contributed by atoms with Gasteiger partial charge in [0.1, 0.15) is 0 Å². The Morgan fingerprint density at radius 3 is 0.674 bits per heavy atom. The molecule has 0 spiro atoms. The van der Waals surface area contributed by atoms with Gasteiger partial charge in [-0.1, -0.05) is 85.1 Å². The molecule has 0 bridgehead atoms. The molecule has 0 N–H and O–H groups in total. The van der Waals surface area contributed by atoms with E-state index >= 15 is 0 Å². The van der Waals surface area contributed by atoms with Crippen LogP contribution in [-0.4, -0.2) is 73.8 Å². The fourth-order valence-corrected chi connectivity index (χ4v) is 0.667. The van der Waals surface area contributed by atoms with Gasteiger partial charge >= 0.3 is 0 Å². The average molecular weight is 1380 g/mol. The molecule has 0 saturated carbocycles. The second-order valence-electron chi connectivity index (χ2n) is 3.33. The quantitative estimate of drug-likeness (QED) is 0.195. The summed E-state index contributed by atoms with van der Waals surface area (Å²) in [6.45, 7) is 46.2. The molecule has 0 aromatic heterocycles. The molecule has 0 aromatic carbocycles. The van der Waals surface area contributed by atoms with Crippen molar-refractivity contribution in [3.63, 3.8) is 0 Å². The van der Waals surface area contributed by atoms with Crippen LogP contribution < -0.4 is 0 Å². The van der Waals surface area contributed by atoms with E-state index in [0.717, 1.165) is 19.3 Å². The Morgan fingerprint density at radius 1 is 0.478 bits per heavy atom. The summed E-state index contributed by atoms with van der Waals surface area (Å²) in [7, 11) is 32.1. The van der Waals surface area contributed by atoms with Crippen LogP contribution in [0.2, 0.25) is 5.01 Å². The van der Waals surface area contributed by atoms with Gasteiger partial charge in [-0.25, -0.2) is 0 Å². The van der Waals surface area contributed by atoms with Crippen molar-refractivity contribution in [2.45, 2.75) is 123 Å². The second kappa shape index (κ2) is 229. The molecule has 1 atom stereocenters. The summed E-state index contributed by atoms with van der Waals surface area (Å²) < 4.78 is 0. The first-order chi connectivity index (χ1) is 15.3. The minimum atomic E-state index is -0.914. The summed E-state index contributed by atoms with van der Waals surface area (Å²) in [6.07, 6.45) is 1.64. The Kier molecular flexibility index (Phi) is 814. The summed E-state index contributed by atoms with van der Waals surface area (Å²) in [5.41, 5.74) is 0. The van der Waals surface area contributed by atoms with Crippen LogP contribution in [0.4, 0.5) is 0 Å². The zero-order chi connectivity index (χ0) is 29.0. The third-order valence-electron chi connectivity index (χ3n) is 1.15. The van der Waals surface area contributed by atoms with E-state index in [4.69, 9.17) is 38.8 Å². The van der Waals surface area contributed by atoms with E-state index in [1.807, 2.05) is 55.4 Å². The molecule has 0 rings (SSSR count). The van der Waals surface area contributed by atoms with Gasteiger partial charge in [0.2, 0.25) is 0 Å². The zero-order valence-corrected chi connectivity index (χ0v) is 58.2. The largest absolute Gasteiger partial charge is 0.372 e. The maximum atomic E-state index is 5.65. The van der Waals surface area contributed by atoms with Crippen LogP contribution in [0.1, 0.15) is 118 Å². The van der Waals surface area contributed by atoms with E-state index in [2.05, 4.69) is 55.4 Å². The molecule has 24 radical (unpaired) electrons. The predicted octanol–water partition coefficient (Wildman–Crippen LogP) is 7.85. The fraction of sp³-hybridized carbons (Fsp3) is 0.692. The van der Waals surface area contributed by atoms with Crippen molar-refractivity contribution in [1.82, 2.24) is 0 Å². The van der Waals surface area contributed by atoms with Gasteiger partial charge in [0.05, 0.1) is 0 Å². The van der Waals surface area contributed by atoms with E-state index in [9.17, 15) is 0 Å². The molecule has 0 saturated heterocycles. The monoisotopic (exact) mass is 1380 g/mol. The van der Waals surface area contributed by atoms with Crippen LogP contribution in [0.25, 0.3) is 0 Å². The Bertz CT molecular complexity index is 187. The van der Waals surface area contributed by atoms with Crippen LogP contribution in [-0.2, 0) is 327 Å². The molecular weight excluding hydrogens is 1310 g/mol. The second-order valence-corrected chi connectivity index (χ2v) is 3.33. The van der Waals surface area contributed by atoms with E-state index in [0.29, 0.717) is 0 Å². The van der Waals surface area contributed by atoms with Crippen LogP contribution in [0.5, 0.6) is 0 Å². The number of hydrogen-bond donors (Lipinski definition) is 0. The van der Waals surface area contributed by atoms with Crippen molar-refractivity contribution >= 4 is 73.8 Å². The van der Waals surface area contributed by atoms with E-state index in [1.54, 1.807) is 13.8 Å². The molecular formula is C26H68B10Y10-8. The van der Waals surface area contributed by atoms with E-state index < -0.39 is 11.4 Å². The Labute approximate surface area is 565 Å². The van der Waals surface area contributed by atoms with Gasteiger partial charge in [-0.2, -0.15) is 18.9 Å². The third kappa shape index (κ3) is 297. The number of hydrogen-bond acceptors (Lipinski definition) is 0. The van der Waals surface area contributed by atoms with E-state index in [-0.39, 0.29) is 357 Å². The molecule has 46 heavy (non-hydrogen) atoms. The molecule has 240 valence electrons. The van der Waals surface area contributed by atoms with Gasteiger partial charge in [0.25, 0.3) is 0 Å². The first kappa shape index (κ1) is 163. The molecule has 0 amide bonds. The standard InChI is InChI=1S/3C3H6.4C2H6.2C2H5.CB10.4CH4.10Y/c3*1-3-2;6*1-2;2-1(7-3,8-10-4)9-11(5)6;;;;;;;;;;;;;;/h3*1-3H2;4*1-2H3;2*1H2,2H3;;4*1H4;;;;;;;;;;/q3*-2;;;;;2*-1;;;;;;;;;;;;;;;. The maximum Gasteiger partial charge on any atom is 0.0410 e. The van der Waals surface area contributed by atoms with E-state index in [1.165, 1.54) is 28.6 Å². The topological polar surface area (TPSA) is 0 Å². The van der Waals surface area contributed by atoms with Crippen molar-refractivity contribution in [3.8, 4) is 0 Å². The van der Waals surface area contributed by atoms with Gasteiger partial charge in [-0.15, -0.1) is 0 Å². The first-order valence-corrected chi connectivity index (χ1v) is 11.6. The van der Waals surface area contributed by atoms with Crippen LogP contribution in [0.15, 0.2) is 0 Å². The van der Waals surface area contributed by atoms with Gasteiger partial charge in [-0.05, 0) is 0 Å². The van der Waals surface area contributed by atoms with Crippen molar-refractivity contribution in [2.75, 3.05) is 0 Å². The SMILES string of the molecule is C.C.C.C.CC.CC.CC.CC.[B][B][B]C([B])([B][B])[B]B([B])[B].[CH2-]C.[CH2-]C.[CH2-]C[CH2-].[CH2-]C[CH2-].[CH2-]C[CH2-].[Y].[Y].[Y].[Y].[Y].[Y].[Y].[Y].[Y].[Y]. The minimum absolute atomic E-state index is 0. The Balaban J connectivity index is -0.00000000562. The normalized spacial score (nSPS) is 5.35. The average Bonchev–Trinajstić information content (AvgIpc) is 2.83. The zero-order valence-electron chi connectivity index (χ0n) is 29.8. The van der Waals surface area contributed by atoms with Crippen LogP contribution >= 0.6 is 0 Å². The van der Waals surface area contributed by atoms with Crippen LogP contribution in [0, 0.1) is 55.4 Å². The van der Waals surface area contributed by atoms with Crippen molar-refractivity contribution in [3.05, 3.63) is 55.4 Å². The van der Waals surface area contributed by atoms with Crippen molar-refractivity contribution < 1.29 is 327 Å². The molecule has 0 fully saturated rings. The summed E-state index contributed by atoms with van der Waals surface area (Å²) in [5.74, 6) is 0. The summed E-state index contributed by atoms with van der Waals surface area (Å²) in [4.78, 5) is 0. The molecule has 0 aliphatic carbocycles. The molecule has 0 aliphatic heterocycles. The fourth-order valence-electron chi connectivity index (χ4n) is 0.667. The Hall–Kier alpha value is 11.7. The van der Waals surface area contributed by atoms with Gasteiger partial charge in [0.15, 0.2) is 0 Å². The third-order valence-corrected chi connectivity index (χ3v) is 1.15. The Morgan fingerprint density at radius 2 is 0.609 bits per heavy atom. The molecule has 0 aliphatic rings. The molecule has 0 aromatic rings. The number of rotatable bonds is 5. The first-order valence-electron chi connectivity index (χ1n) is 11.6. The summed E-state index contributed by atoms with van der Waals surface area (Å²) >= 11 is 0. The van der Waals surface area contributed by atoms with Crippen molar-refractivity contribution in [2.24, 2.45) is 0 Å². The molecule has 0 nitrogen and oxygen atoms in total. The smallest absolute Gasteiger partial charge is 0.0410 e. The van der Waals surface area contributed by atoms with Gasteiger partial charge in [-0.3, -0.25) is 0 Å². The summed E-state index contributed by atoms with van der Waals surface area (Å²) in [5, 5.41) is -0.914.